The van der Waals surface area contributed by atoms with Crippen LogP contribution >= 0.6 is 0 Å². The van der Waals surface area contributed by atoms with Gasteiger partial charge in [-0.15, -0.1) is 0 Å². The van der Waals surface area contributed by atoms with Crippen molar-refractivity contribution in [1.29, 1.82) is 0 Å². The van der Waals surface area contributed by atoms with Crippen LogP contribution in [0.4, 0.5) is 0 Å². The molecule has 0 radical (unpaired) electrons. The molecular weight excluding hydrogens is 204 g/mol. The van der Waals surface area contributed by atoms with Crippen LogP contribution in [0.1, 0.15) is 15.9 Å². The molecule has 0 aliphatic carbocycles. The molecule has 0 atom stereocenters. The monoisotopic (exact) mass is 220 g/mol. The van der Waals surface area contributed by atoms with Gasteiger partial charge < -0.3 is 15.4 Å². The molecule has 4 heteroatoms. The minimum atomic E-state index is -0.199. The SMILES string of the molecule is C1CNCCN1.O=C1OCc2ccccc21. The van der Waals surface area contributed by atoms with Crippen LogP contribution in [-0.4, -0.2) is 32.1 Å². The average molecular weight is 220 g/mol. The lowest BCUT2D eigenvalue weighted by molar-refractivity contribution is 0.0535. The first kappa shape index (κ1) is 11.1. The number of hydrogen-bond acceptors (Lipinski definition) is 4. The van der Waals surface area contributed by atoms with Crippen molar-refractivity contribution < 1.29 is 9.53 Å². The van der Waals surface area contributed by atoms with Gasteiger partial charge in [-0.05, 0) is 6.07 Å². The zero-order chi connectivity index (χ0) is 11.2. The van der Waals surface area contributed by atoms with E-state index in [0.717, 1.165) is 31.7 Å². The Morgan fingerprint density at radius 3 is 2.19 bits per heavy atom. The fourth-order valence-electron chi connectivity index (χ4n) is 1.67. The largest absolute Gasteiger partial charge is 0.457 e. The van der Waals surface area contributed by atoms with Crippen molar-refractivity contribution in [1.82, 2.24) is 10.6 Å². The van der Waals surface area contributed by atoms with Crippen LogP contribution in [0.2, 0.25) is 0 Å². The molecule has 0 bridgehead atoms. The second-order valence-electron chi connectivity index (χ2n) is 3.73. The van der Waals surface area contributed by atoms with Crippen LogP contribution in [0.15, 0.2) is 24.3 Å². The summed E-state index contributed by atoms with van der Waals surface area (Å²) in [5.41, 5.74) is 1.70. The van der Waals surface area contributed by atoms with Crippen molar-refractivity contribution in [3.63, 3.8) is 0 Å². The Kier molecular flexibility index (Phi) is 3.91. The summed E-state index contributed by atoms with van der Waals surface area (Å²) in [4.78, 5) is 10.8. The van der Waals surface area contributed by atoms with Crippen LogP contribution in [0, 0.1) is 0 Å². The maximum atomic E-state index is 10.8. The minimum absolute atomic E-state index is 0.199. The molecule has 0 amide bonds. The van der Waals surface area contributed by atoms with E-state index in [1.165, 1.54) is 0 Å². The first-order valence-electron chi connectivity index (χ1n) is 5.54. The lowest BCUT2D eigenvalue weighted by Crippen LogP contribution is -2.39. The van der Waals surface area contributed by atoms with Gasteiger partial charge in [0, 0.05) is 31.7 Å². The van der Waals surface area contributed by atoms with Gasteiger partial charge in [-0.25, -0.2) is 4.79 Å². The van der Waals surface area contributed by atoms with Gasteiger partial charge in [0.1, 0.15) is 6.61 Å². The standard InChI is InChI=1S/C8H6O2.C4H10N2/c9-8-7-4-2-1-3-6(7)5-10-8;1-2-6-4-3-5-1/h1-4H,5H2;5-6H,1-4H2. The molecule has 1 aromatic carbocycles. The second kappa shape index (κ2) is 5.63. The maximum Gasteiger partial charge on any atom is 0.338 e. The van der Waals surface area contributed by atoms with Crippen molar-refractivity contribution in [2.75, 3.05) is 26.2 Å². The van der Waals surface area contributed by atoms with Crippen molar-refractivity contribution in [2.24, 2.45) is 0 Å². The molecule has 1 aromatic rings. The summed E-state index contributed by atoms with van der Waals surface area (Å²) < 4.78 is 4.78. The van der Waals surface area contributed by atoms with Crippen molar-refractivity contribution in [3.8, 4) is 0 Å². The fraction of sp³-hybridized carbons (Fsp3) is 0.417. The third kappa shape index (κ3) is 2.81. The third-order valence-electron chi connectivity index (χ3n) is 2.55. The van der Waals surface area contributed by atoms with Gasteiger partial charge in [-0.2, -0.15) is 0 Å². The van der Waals surface area contributed by atoms with Crippen LogP contribution in [0.25, 0.3) is 0 Å². The van der Waals surface area contributed by atoms with Crippen LogP contribution in [0.5, 0.6) is 0 Å². The number of hydrogen-bond donors (Lipinski definition) is 2. The summed E-state index contributed by atoms with van der Waals surface area (Å²) in [6.07, 6.45) is 0. The average Bonchev–Trinajstić information content (AvgIpc) is 2.75. The topological polar surface area (TPSA) is 50.4 Å². The molecule has 86 valence electrons. The van der Waals surface area contributed by atoms with E-state index in [9.17, 15) is 4.79 Å². The smallest absolute Gasteiger partial charge is 0.338 e. The van der Waals surface area contributed by atoms with Crippen molar-refractivity contribution in [2.45, 2.75) is 6.61 Å². The lowest BCUT2D eigenvalue weighted by atomic mass is 10.1. The first-order chi connectivity index (χ1) is 7.88. The van der Waals surface area contributed by atoms with Gasteiger partial charge >= 0.3 is 5.97 Å². The van der Waals surface area contributed by atoms with E-state index in [1.54, 1.807) is 6.07 Å². The number of nitrogens with one attached hydrogen (secondary N) is 2. The van der Waals surface area contributed by atoms with Gasteiger partial charge in [0.05, 0.1) is 5.56 Å². The highest BCUT2D eigenvalue weighted by atomic mass is 16.5. The minimum Gasteiger partial charge on any atom is -0.457 e. The van der Waals surface area contributed by atoms with E-state index < -0.39 is 0 Å². The highest BCUT2D eigenvalue weighted by Crippen LogP contribution is 2.17. The van der Waals surface area contributed by atoms with E-state index in [-0.39, 0.29) is 5.97 Å². The number of fused-ring (bicyclic) bond motifs is 1. The number of carbonyl (C=O) groups excluding carboxylic acids is 1. The molecule has 4 nitrogen and oxygen atoms in total. The molecule has 0 unspecified atom stereocenters. The number of carbonyl (C=O) groups is 1. The molecular formula is C12H16N2O2. The zero-order valence-electron chi connectivity index (χ0n) is 9.16. The van der Waals surface area contributed by atoms with Crippen molar-refractivity contribution in [3.05, 3.63) is 35.4 Å². The summed E-state index contributed by atoms with van der Waals surface area (Å²) in [7, 11) is 0. The summed E-state index contributed by atoms with van der Waals surface area (Å²) in [5, 5.41) is 6.44. The summed E-state index contributed by atoms with van der Waals surface area (Å²) in [5.74, 6) is -0.199. The Morgan fingerprint density at radius 1 is 1.00 bits per heavy atom. The number of piperazine rings is 1. The normalized spacial score (nSPS) is 18.1. The molecule has 16 heavy (non-hydrogen) atoms. The maximum absolute atomic E-state index is 10.8. The number of cyclic esters (lactones) is 1. The van der Waals surface area contributed by atoms with E-state index in [1.807, 2.05) is 18.2 Å². The van der Waals surface area contributed by atoms with E-state index in [0.29, 0.717) is 12.2 Å². The Hall–Kier alpha value is -1.39. The van der Waals surface area contributed by atoms with Crippen LogP contribution in [0.3, 0.4) is 0 Å². The molecule has 2 N–H and O–H groups in total. The Balaban J connectivity index is 0.000000138. The molecule has 1 fully saturated rings. The van der Waals surface area contributed by atoms with Crippen LogP contribution in [-0.2, 0) is 11.3 Å². The highest BCUT2D eigenvalue weighted by Gasteiger charge is 2.18. The fourth-order valence-corrected chi connectivity index (χ4v) is 1.67. The molecule has 1 saturated heterocycles. The van der Waals surface area contributed by atoms with Crippen molar-refractivity contribution >= 4 is 5.97 Å². The molecule has 2 aliphatic rings. The molecule has 2 heterocycles. The zero-order valence-corrected chi connectivity index (χ0v) is 9.16. The molecule has 3 rings (SSSR count). The molecule has 0 spiro atoms. The Morgan fingerprint density at radius 2 is 1.62 bits per heavy atom. The predicted molar refractivity (Wildman–Crippen MR) is 61.3 cm³/mol. The number of esters is 1. The molecule has 0 saturated carbocycles. The Bertz CT molecular complexity index is 350. The van der Waals surface area contributed by atoms with Crippen LogP contribution < -0.4 is 10.6 Å². The summed E-state index contributed by atoms with van der Waals surface area (Å²) >= 11 is 0. The number of benzene rings is 1. The van der Waals surface area contributed by atoms with Gasteiger partial charge in [0.2, 0.25) is 0 Å². The van der Waals surface area contributed by atoms with Gasteiger partial charge in [0.15, 0.2) is 0 Å². The quantitative estimate of drug-likeness (QED) is 0.626. The van der Waals surface area contributed by atoms with E-state index in [4.69, 9.17) is 4.74 Å². The highest BCUT2D eigenvalue weighted by molar-refractivity contribution is 5.93. The Labute approximate surface area is 95.0 Å². The lowest BCUT2D eigenvalue weighted by Gasteiger charge is -2.11. The predicted octanol–water partition coefficient (Wildman–Crippen LogP) is 0.536. The summed E-state index contributed by atoms with van der Waals surface area (Å²) in [6, 6.07) is 7.43. The van der Waals surface area contributed by atoms with E-state index in [2.05, 4.69) is 10.6 Å². The summed E-state index contributed by atoms with van der Waals surface area (Å²) in [6.45, 7) is 5.00. The number of rotatable bonds is 0. The number of ether oxygens (including phenoxy) is 1. The van der Waals surface area contributed by atoms with E-state index >= 15 is 0 Å². The van der Waals surface area contributed by atoms with Gasteiger partial charge in [-0.1, -0.05) is 18.2 Å². The first-order valence-corrected chi connectivity index (χ1v) is 5.54. The molecule has 2 aliphatic heterocycles. The molecule has 0 aromatic heterocycles. The second-order valence-corrected chi connectivity index (χ2v) is 3.73. The van der Waals surface area contributed by atoms with Gasteiger partial charge in [-0.3, -0.25) is 0 Å². The third-order valence-corrected chi connectivity index (χ3v) is 2.55. The van der Waals surface area contributed by atoms with Gasteiger partial charge in [0.25, 0.3) is 0 Å².